The maximum absolute atomic E-state index is 5.97. The van der Waals surface area contributed by atoms with Gasteiger partial charge in [0.15, 0.2) is 0 Å². The fraction of sp³-hybridized carbons (Fsp3) is 0.562. The van der Waals surface area contributed by atoms with Crippen LogP contribution in [0.5, 0.6) is 0 Å². The molecule has 3 nitrogen and oxygen atoms in total. The lowest BCUT2D eigenvalue weighted by molar-refractivity contribution is 0.0515. The number of aryl methyl sites for hydroxylation is 1. The number of rotatable bonds is 4. The Bertz CT molecular complexity index is 622. The van der Waals surface area contributed by atoms with E-state index in [-0.39, 0.29) is 0 Å². The molecule has 1 aliphatic heterocycles. The second-order valence-corrected chi connectivity index (χ2v) is 6.95. The lowest BCUT2D eigenvalue weighted by atomic mass is 9.92. The monoisotopic (exact) mass is 370 g/mol. The third-order valence-electron chi connectivity index (χ3n) is 4.40. The minimum absolute atomic E-state index is 0.423. The smallest absolute Gasteiger partial charge is 0.111 e. The lowest BCUT2D eigenvalue weighted by Gasteiger charge is -2.30. The molecule has 0 radical (unpaired) electrons. The lowest BCUT2D eigenvalue weighted by Crippen LogP contribution is -2.25. The number of hydrogen-bond acceptors (Lipinski definition) is 2. The number of alkyl halides is 1. The molecule has 0 amide bonds. The van der Waals surface area contributed by atoms with E-state index in [1.807, 2.05) is 6.07 Å². The van der Waals surface area contributed by atoms with Gasteiger partial charge in [0, 0.05) is 36.0 Å². The minimum atomic E-state index is 0.423. The van der Waals surface area contributed by atoms with Crippen LogP contribution in [0.3, 0.4) is 0 Å². The molecule has 1 aromatic heterocycles. The van der Waals surface area contributed by atoms with E-state index in [0.717, 1.165) is 48.3 Å². The first-order valence-electron chi connectivity index (χ1n) is 7.50. The Morgan fingerprint density at radius 1 is 1.43 bits per heavy atom. The fourth-order valence-electron chi connectivity index (χ4n) is 3.24. The maximum atomic E-state index is 5.97. The second-order valence-electron chi connectivity index (χ2n) is 5.66. The molecule has 3 rings (SSSR count). The van der Waals surface area contributed by atoms with Gasteiger partial charge >= 0.3 is 0 Å². The largest absolute Gasteiger partial charge is 0.381 e. The van der Waals surface area contributed by atoms with Crippen LogP contribution in [0.15, 0.2) is 22.7 Å². The summed E-state index contributed by atoms with van der Waals surface area (Å²) in [6, 6.07) is 6.70. The molecule has 0 N–H and O–H groups in total. The summed E-state index contributed by atoms with van der Waals surface area (Å²) >= 11 is 9.55. The number of imidazole rings is 1. The topological polar surface area (TPSA) is 27.1 Å². The van der Waals surface area contributed by atoms with Crippen LogP contribution in [0.2, 0.25) is 0 Å². The van der Waals surface area contributed by atoms with E-state index in [1.165, 1.54) is 5.52 Å². The highest BCUT2D eigenvalue weighted by Crippen LogP contribution is 2.32. The summed E-state index contributed by atoms with van der Waals surface area (Å²) in [5.41, 5.74) is 2.25. The Hall–Kier alpha value is -0.580. The highest BCUT2D eigenvalue weighted by Gasteiger charge is 2.25. The van der Waals surface area contributed by atoms with Crippen molar-refractivity contribution in [1.82, 2.24) is 9.55 Å². The van der Waals surface area contributed by atoms with Gasteiger partial charge in [0.25, 0.3) is 0 Å². The van der Waals surface area contributed by atoms with Gasteiger partial charge in [-0.05, 0) is 43.9 Å². The van der Waals surface area contributed by atoms with Crippen LogP contribution < -0.4 is 0 Å². The Morgan fingerprint density at radius 2 is 2.19 bits per heavy atom. The normalized spacial score (nSPS) is 18.2. The summed E-state index contributed by atoms with van der Waals surface area (Å²) in [4.78, 5) is 4.79. The highest BCUT2D eigenvalue weighted by atomic mass is 79.9. The van der Waals surface area contributed by atoms with E-state index in [4.69, 9.17) is 21.3 Å². The molecule has 2 heterocycles. The maximum Gasteiger partial charge on any atom is 0.111 e. The Balaban J connectivity index is 2.04. The molecule has 1 fully saturated rings. The fourth-order valence-corrected chi connectivity index (χ4v) is 3.76. The number of benzene rings is 1. The second kappa shape index (κ2) is 6.67. The van der Waals surface area contributed by atoms with Crippen molar-refractivity contribution in [3.05, 3.63) is 28.5 Å². The number of halogens is 2. The minimum Gasteiger partial charge on any atom is -0.381 e. The number of nitrogens with zero attached hydrogens (tertiary/aromatic N) is 2. The van der Waals surface area contributed by atoms with E-state index >= 15 is 0 Å². The van der Waals surface area contributed by atoms with Gasteiger partial charge in [-0.2, -0.15) is 0 Å². The number of aromatic nitrogens is 2. The molecule has 2 aromatic rings. The van der Waals surface area contributed by atoms with Gasteiger partial charge in [-0.15, -0.1) is 11.6 Å². The number of fused-ring (bicyclic) bond motifs is 1. The Labute approximate surface area is 138 Å². The molecule has 5 heteroatoms. The molecular formula is C16H20BrClN2O. The quantitative estimate of drug-likeness (QED) is 0.736. The summed E-state index contributed by atoms with van der Waals surface area (Å²) in [7, 11) is 0. The van der Waals surface area contributed by atoms with Crippen molar-refractivity contribution in [2.24, 2.45) is 5.92 Å². The first-order valence-corrected chi connectivity index (χ1v) is 8.83. The van der Waals surface area contributed by atoms with E-state index in [2.05, 4.69) is 39.6 Å². The van der Waals surface area contributed by atoms with Crippen molar-refractivity contribution >= 4 is 38.6 Å². The van der Waals surface area contributed by atoms with E-state index in [0.29, 0.717) is 17.8 Å². The third kappa shape index (κ3) is 3.13. The van der Waals surface area contributed by atoms with Crippen LogP contribution in [0, 0.1) is 5.92 Å². The van der Waals surface area contributed by atoms with Gasteiger partial charge in [0.2, 0.25) is 0 Å². The first kappa shape index (κ1) is 15.3. The summed E-state index contributed by atoms with van der Waals surface area (Å²) < 4.78 is 8.98. The van der Waals surface area contributed by atoms with Gasteiger partial charge in [0.05, 0.1) is 11.0 Å². The van der Waals surface area contributed by atoms with Gasteiger partial charge in [-0.1, -0.05) is 15.9 Å². The number of ether oxygens (including phenoxy) is 1. The van der Waals surface area contributed by atoms with Crippen molar-refractivity contribution in [1.29, 1.82) is 0 Å². The zero-order chi connectivity index (χ0) is 14.8. The molecule has 0 saturated carbocycles. The van der Waals surface area contributed by atoms with Crippen LogP contribution >= 0.6 is 27.5 Å². The van der Waals surface area contributed by atoms with Crippen LogP contribution in [0.1, 0.15) is 31.6 Å². The third-order valence-corrected chi connectivity index (χ3v) is 5.08. The van der Waals surface area contributed by atoms with Crippen LogP contribution in [-0.2, 0) is 11.2 Å². The van der Waals surface area contributed by atoms with E-state index < -0.39 is 0 Å². The predicted molar refractivity (Wildman–Crippen MR) is 90.1 cm³/mol. The van der Waals surface area contributed by atoms with Gasteiger partial charge in [-0.25, -0.2) is 4.98 Å². The molecule has 1 unspecified atom stereocenters. The molecule has 114 valence electrons. The molecule has 0 bridgehead atoms. The van der Waals surface area contributed by atoms with Crippen LogP contribution in [0.25, 0.3) is 11.0 Å². The summed E-state index contributed by atoms with van der Waals surface area (Å²) in [6.45, 7) is 4.04. The van der Waals surface area contributed by atoms with E-state index in [1.54, 1.807) is 0 Å². The van der Waals surface area contributed by atoms with Crippen molar-refractivity contribution in [2.75, 3.05) is 19.1 Å². The van der Waals surface area contributed by atoms with Crippen molar-refractivity contribution < 1.29 is 4.74 Å². The Morgan fingerprint density at radius 3 is 2.90 bits per heavy atom. The van der Waals surface area contributed by atoms with Crippen molar-refractivity contribution in [3.8, 4) is 0 Å². The zero-order valence-electron chi connectivity index (χ0n) is 12.2. The van der Waals surface area contributed by atoms with Gasteiger partial charge in [-0.3, -0.25) is 0 Å². The molecular weight excluding hydrogens is 352 g/mol. The molecule has 1 aromatic carbocycles. The molecule has 0 spiro atoms. The summed E-state index contributed by atoms with van der Waals surface area (Å²) in [6.07, 6.45) is 3.05. The highest BCUT2D eigenvalue weighted by molar-refractivity contribution is 9.10. The standard InChI is InChI=1S/C16H20BrClN2O/c1-11(12-5-8-21-9-6-12)20-15-10-13(17)2-3-14(15)19-16(20)4-7-18/h2-3,10-12H,4-9H2,1H3. The Kier molecular flexibility index (Phi) is 4.87. The molecule has 21 heavy (non-hydrogen) atoms. The van der Waals surface area contributed by atoms with Crippen molar-refractivity contribution in [3.63, 3.8) is 0 Å². The van der Waals surface area contributed by atoms with Gasteiger partial charge in [0.1, 0.15) is 5.82 Å². The summed E-state index contributed by atoms with van der Waals surface area (Å²) in [5, 5.41) is 0. The average Bonchev–Trinajstić information content (AvgIpc) is 2.85. The molecule has 1 aliphatic rings. The average molecular weight is 372 g/mol. The van der Waals surface area contributed by atoms with Crippen molar-refractivity contribution in [2.45, 2.75) is 32.2 Å². The first-order chi connectivity index (χ1) is 10.2. The molecule has 0 aliphatic carbocycles. The SMILES string of the molecule is CC(C1CCOCC1)n1c(CCCl)nc2ccc(Br)cc21. The molecule has 1 atom stereocenters. The predicted octanol–water partition coefficient (Wildman–Crippen LogP) is 4.57. The van der Waals surface area contributed by atoms with E-state index in [9.17, 15) is 0 Å². The van der Waals surface area contributed by atoms with Crippen LogP contribution in [0.4, 0.5) is 0 Å². The number of hydrogen-bond donors (Lipinski definition) is 0. The van der Waals surface area contributed by atoms with Crippen LogP contribution in [-0.4, -0.2) is 28.6 Å². The van der Waals surface area contributed by atoms with Gasteiger partial charge < -0.3 is 9.30 Å². The summed E-state index contributed by atoms with van der Waals surface area (Å²) in [5.74, 6) is 2.34. The zero-order valence-corrected chi connectivity index (χ0v) is 14.5. The molecule has 1 saturated heterocycles.